The molecule has 4 rings (SSSR count). The van der Waals surface area contributed by atoms with Gasteiger partial charge in [0.2, 0.25) is 5.88 Å². The van der Waals surface area contributed by atoms with E-state index >= 15 is 0 Å². The van der Waals surface area contributed by atoms with Gasteiger partial charge in [-0.1, -0.05) is 0 Å². The molecule has 0 saturated carbocycles. The van der Waals surface area contributed by atoms with E-state index in [-0.39, 0.29) is 18.3 Å². The Balaban J connectivity index is 1.55. The second-order valence-electron chi connectivity index (χ2n) is 7.54. The van der Waals surface area contributed by atoms with Gasteiger partial charge in [0.1, 0.15) is 0 Å². The lowest BCUT2D eigenvalue weighted by Gasteiger charge is -2.15. The zero-order chi connectivity index (χ0) is 24.5. The molecule has 0 unspecified atom stereocenters. The number of aryl methyl sites for hydroxylation is 1. The van der Waals surface area contributed by atoms with Gasteiger partial charge in [-0.15, -0.1) is 0 Å². The zero-order valence-electron chi connectivity index (χ0n) is 18.6. The van der Waals surface area contributed by atoms with Crippen LogP contribution in [0.5, 0.6) is 17.5 Å². The molecule has 1 amide bonds. The summed E-state index contributed by atoms with van der Waals surface area (Å²) in [5.41, 5.74) is 3.67. The number of nitrogens with zero attached hydrogens (tertiary/aromatic N) is 4. The molecule has 8 nitrogen and oxygen atoms in total. The molecule has 0 aliphatic carbocycles. The van der Waals surface area contributed by atoms with Crippen LogP contribution in [-0.4, -0.2) is 47.9 Å². The summed E-state index contributed by atoms with van der Waals surface area (Å²) in [6, 6.07) is 6.58. The molecule has 0 radical (unpaired) electrons. The van der Waals surface area contributed by atoms with Crippen molar-refractivity contribution in [2.75, 3.05) is 25.7 Å². The van der Waals surface area contributed by atoms with Crippen LogP contribution < -0.4 is 19.1 Å². The average molecular weight is 474 g/mol. The molecule has 0 atom stereocenters. The van der Waals surface area contributed by atoms with E-state index in [1.807, 2.05) is 6.92 Å². The second-order valence-corrected chi connectivity index (χ2v) is 7.54. The Morgan fingerprint density at radius 3 is 2.53 bits per heavy atom. The summed E-state index contributed by atoms with van der Waals surface area (Å²) in [7, 11) is 3.01. The van der Waals surface area contributed by atoms with Gasteiger partial charge in [0.05, 0.1) is 62.6 Å². The van der Waals surface area contributed by atoms with Gasteiger partial charge in [-0.05, 0) is 30.7 Å². The fourth-order valence-electron chi connectivity index (χ4n) is 3.62. The van der Waals surface area contributed by atoms with E-state index < -0.39 is 19.2 Å². The molecule has 0 aromatic carbocycles. The number of anilines is 1. The van der Waals surface area contributed by atoms with Crippen molar-refractivity contribution in [2.24, 2.45) is 0 Å². The van der Waals surface area contributed by atoms with Crippen LogP contribution in [0.3, 0.4) is 0 Å². The first kappa shape index (κ1) is 23.3. The molecule has 0 fully saturated rings. The minimum atomic E-state index is -4.30. The smallest absolute Gasteiger partial charge is 0.392 e. The number of hydrogen-bond acceptors (Lipinski definition) is 7. The standard InChI is InChI=1S/C23H21F3N4O4/c1-13-8-16(14-9-18(32-2)21(33-3)28-10-14)29-17-12-30(22(31)20(13)17)15-4-5-19(27-11-15)34-7-6-23(24,25)26/h4-5,8-11H,6-7,12H2,1-3H3. The minimum absolute atomic E-state index is 0.0507. The summed E-state index contributed by atoms with van der Waals surface area (Å²) in [6.45, 7) is 1.52. The third kappa shape index (κ3) is 4.73. The molecule has 178 valence electrons. The highest BCUT2D eigenvalue weighted by atomic mass is 19.4. The number of aromatic nitrogens is 3. The van der Waals surface area contributed by atoms with Crippen LogP contribution in [0.2, 0.25) is 0 Å². The van der Waals surface area contributed by atoms with Gasteiger partial charge in [0.25, 0.3) is 11.8 Å². The third-order valence-corrected chi connectivity index (χ3v) is 5.25. The molecule has 1 aliphatic heterocycles. The number of rotatable bonds is 7. The Morgan fingerprint density at radius 2 is 1.88 bits per heavy atom. The molecule has 4 heterocycles. The Hall–Kier alpha value is -3.89. The quantitative estimate of drug-likeness (QED) is 0.503. The molecule has 1 aliphatic rings. The van der Waals surface area contributed by atoms with Gasteiger partial charge >= 0.3 is 6.18 Å². The second kappa shape index (κ2) is 9.16. The Labute approximate surface area is 193 Å². The molecular weight excluding hydrogens is 453 g/mol. The first-order valence-corrected chi connectivity index (χ1v) is 10.3. The number of amides is 1. The molecule has 34 heavy (non-hydrogen) atoms. The van der Waals surface area contributed by atoms with Crippen molar-refractivity contribution in [3.8, 4) is 28.8 Å². The molecule has 3 aromatic heterocycles. The summed E-state index contributed by atoms with van der Waals surface area (Å²) in [5, 5.41) is 0. The van der Waals surface area contributed by atoms with Crippen LogP contribution in [0.4, 0.5) is 18.9 Å². The zero-order valence-corrected chi connectivity index (χ0v) is 18.6. The van der Waals surface area contributed by atoms with Crippen LogP contribution in [0.25, 0.3) is 11.3 Å². The number of methoxy groups -OCH3 is 2. The number of alkyl halides is 3. The van der Waals surface area contributed by atoms with E-state index in [0.717, 1.165) is 5.56 Å². The van der Waals surface area contributed by atoms with E-state index in [1.165, 1.54) is 31.4 Å². The number of carbonyl (C=O) groups excluding carboxylic acids is 1. The van der Waals surface area contributed by atoms with Crippen LogP contribution in [-0.2, 0) is 6.54 Å². The monoisotopic (exact) mass is 474 g/mol. The first-order valence-electron chi connectivity index (χ1n) is 10.3. The molecule has 3 aromatic rings. The maximum absolute atomic E-state index is 13.1. The topological polar surface area (TPSA) is 86.7 Å². The van der Waals surface area contributed by atoms with Crippen LogP contribution in [0.15, 0.2) is 36.7 Å². The van der Waals surface area contributed by atoms with E-state index in [1.54, 1.807) is 24.4 Å². The van der Waals surface area contributed by atoms with Crippen molar-refractivity contribution >= 4 is 11.6 Å². The van der Waals surface area contributed by atoms with Crippen molar-refractivity contribution in [1.29, 1.82) is 0 Å². The molecule has 11 heteroatoms. The van der Waals surface area contributed by atoms with Crippen molar-refractivity contribution in [3.63, 3.8) is 0 Å². The number of ether oxygens (including phenoxy) is 3. The predicted molar refractivity (Wildman–Crippen MR) is 116 cm³/mol. The normalized spacial score (nSPS) is 13.1. The number of pyridine rings is 3. The Bertz CT molecular complexity index is 1220. The fraction of sp³-hybridized carbons (Fsp3) is 0.304. The van der Waals surface area contributed by atoms with Crippen molar-refractivity contribution in [3.05, 3.63) is 53.5 Å². The highest BCUT2D eigenvalue weighted by Crippen LogP contribution is 2.34. The van der Waals surface area contributed by atoms with Crippen molar-refractivity contribution in [1.82, 2.24) is 15.0 Å². The molecular formula is C23H21F3N4O4. The largest absolute Gasteiger partial charge is 0.491 e. The van der Waals surface area contributed by atoms with E-state index in [0.29, 0.717) is 39.8 Å². The van der Waals surface area contributed by atoms with Crippen LogP contribution in [0, 0.1) is 6.92 Å². The van der Waals surface area contributed by atoms with E-state index in [9.17, 15) is 18.0 Å². The molecule has 0 spiro atoms. The average Bonchev–Trinajstić information content (AvgIpc) is 3.15. The van der Waals surface area contributed by atoms with Gasteiger partial charge in [-0.3, -0.25) is 9.78 Å². The summed E-state index contributed by atoms with van der Waals surface area (Å²) < 4.78 is 52.3. The summed E-state index contributed by atoms with van der Waals surface area (Å²) >= 11 is 0. The number of halogens is 3. The molecule has 0 N–H and O–H groups in total. The first-order chi connectivity index (χ1) is 16.2. The summed E-state index contributed by atoms with van der Waals surface area (Å²) in [5.74, 6) is 0.629. The van der Waals surface area contributed by atoms with Gasteiger partial charge < -0.3 is 19.1 Å². The lowest BCUT2D eigenvalue weighted by atomic mass is 10.1. The Morgan fingerprint density at radius 1 is 1.09 bits per heavy atom. The summed E-state index contributed by atoms with van der Waals surface area (Å²) in [6.07, 6.45) is -2.36. The number of hydrogen-bond donors (Lipinski definition) is 0. The van der Waals surface area contributed by atoms with Crippen LogP contribution in [0.1, 0.15) is 28.0 Å². The lowest BCUT2D eigenvalue weighted by molar-refractivity contribution is -0.139. The highest BCUT2D eigenvalue weighted by molar-refractivity contribution is 6.10. The highest BCUT2D eigenvalue weighted by Gasteiger charge is 2.32. The maximum Gasteiger partial charge on any atom is 0.392 e. The van der Waals surface area contributed by atoms with Gasteiger partial charge in [0, 0.05) is 17.8 Å². The maximum atomic E-state index is 13.1. The SMILES string of the molecule is COc1cc(-c2cc(C)c3c(n2)CN(c2ccc(OCCC(F)(F)F)nc2)C3=O)cnc1OC. The Kier molecular flexibility index (Phi) is 6.27. The summed E-state index contributed by atoms with van der Waals surface area (Å²) in [4.78, 5) is 27.5. The van der Waals surface area contributed by atoms with Gasteiger partial charge in [0.15, 0.2) is 5.75 Å². The van der Waals surface area contributed by atoms with E-state index in [2.05, 4.69) is 15.0 Å². The number of carbonyl (C=O) groups is 1. The van der Waals surface area contributed by atoms with Crippen LogP contribution >= 0.6 is 0 Å². The van der Waals surface area contributed by atoms with Gasteiger partial charge in [-0.25, -0.2) is 9.97 Å². The van der Waals surface area contributed by atoms with Crippen molar-refractivity contribution < 1.29 is 32.2 Å². The minimum Gasteiger partial charge on any atom is -0.491 e. The molecule has 0 bridgehead atoms. The molecule has 0 saturated heterocycles. The predicted octanol–water partition coefficient (Wildman–Crippen LogP) is 4.36. The fourth-order valence-corrected chi connectivity index (χ4v) is 3.62. The lowest BCUT2D eigenvalue weighted by Crippen LogP contribution is -2.23. The van der Waals surface area contributed by atoms with Crippen molar-refractivity contribution in [2.45, 2.75) is 26.1 Å². The number of fused-ring (bicyclic) bond motifs is 1. The van der Waals surface area contributed by atoms with Gasteiger partial charge in [-0.2, -0.15) is 13.2 Å². The third-order valence-electron chi connectivity index (χ3n) is 5.25. The van der Waals surface area contributed by atoms with E-state index in [4.69, 9.17) is 14.2 Å².